The summed E-state index contributed by atoms with van der Waals surface area (Å²) < 4.78 is 33.3. The first-order valence-corrected chi connectivity index (χ1v) is 13.3. The second kappa shape index (κ2) is 8.85. The van der Waals surface area contributed by atoms with Crippen molar-refractivity contribution < 1.29 is 8.42 Å². The number of fused-ring (bicyclic) bond motifs is 1. The summed E-state index contributed by atoms with van der Waals surface area (Å²) in [5, 5.41) is 2.55. The van der Waals surface area contributed by atoms with Crippen molar-refractivity contribution in [3.63, 3.8) is 0 Å². The van der Waals surface area contributed by atoms with Gasteiger partial charge in [-0.05, 0) is 30.9 Å². The van der Waals surface area contributed by atoms with Crippen LogP contribution in [0.2, 0.25) is 0 Å². The second-order valence-corrected chi connectivity index (χ2v) is 11.1. The molecule has 1 aliphatic rings. The Kier molecular flexibility index (Phi) is 5.90. The third-order valence-corrected chi connectivity index (χ3v) is 9.00. The Morgan fingerprint density at radius 2 is 1.76 bits per heavy atom. The number of rotatable bonds is 5. The highest BCUT2D eigenvalue weighted by Crippen LogP contribution is 2.30. The Morgan fingerprint density at radius 3 is 2.55 bits per heavy atom. The van der Waals surface area contributed by atoms with E-state index < -0.39 is 10.0 Å². The molecule has 33 heavy (non-hydrogen) atoms. The molecule has 1 unspecified atom stereocenters. The zero-order chi connectivity index (χ0) is 23.0. The van der Waals surface area contributed by atoms with E-state index in [1.165, 1.54) is 22.7 Å². The lowest BCUT2D eigenvalue weighted by Gasteiger charge is -2.38. The van der Waals surface area contributed by atoms with Crippen molar-refractivity contribution in [3.05, 3.63) is 83.7 Å². The van der Waals surface area contributed by atoms with Crippen molar-refractivity contribution in [2.45, 2.75) is 31.2 Å². The summed E-state index contributed by atoms with van der Waals surface area (Å²) in [4.78, 5) is 7.26. The van der Waals surface area contributed by atoms with E-state index in [9.17, 15) is 8.42 Å². The number of benzene rings is 3. The Morgan fingerprint density at radius 1 is 1.00 bits per heavy atom. The third-order valence-electron chi connectivity index (χ3n) is 6.11. The molecule has 1 atom stereocenters. The van der Waals surface area contributed by atoms with Gasteiger partial charge in [-0.1, -0.05) is 66.2 Å². The molecule has 170 valence electrons. The number of piperazine rings is 1. The number of aromatic nitrogens is 2. The first-order valence-electron chi connectivity index (χ1n) is 11.0. The standard InChI is InChI=1S/C25H26N4O2S2/c1-18-10-12-20(13-11-18)16-24-26-25(32-27-24)28-14-15-29(19(2)17-28)33(30,31)23-9-5-7-21-6-3-4-8-22(21)23/h3-13,19H,14-17H2,1-2H3. The fourth-order valence-electron chi connectivity index (χ4n) is 4.35. The van der Waals surface area contributed by atoms with Gasteiger partial charge in [-0.25, -0.2) is 13.4 Å². The molecule has 2 heterocycles. The zero-order valence-corrected chi connectivity index (χ0v) is 20.3. The molecule has 1 aromatic heterocycles. The summed E-state index contributed by atoms with van der Waals surface area (Å²) in [5.74, 6) is 0.803. The van der Waals surface area contributed by atoms with Crippen LogP contribution < -0.4 is 4.90 Å². The maximum absolute atomic E-state index is 13.6. The average molecular weight is 479 g/mol. The molecular weight excluding hydrogens is 452 g/mol. The number of nitrogens with zero attached hydrogens (tertiary/aromatic N) is 4. The highest BCUT2D eigenvalue weighted by molar-refractivity contribution is 7.89. The van der Waals surface area contributed by atoms with Crippen LogP contribution in [0.5, 0.6) is 0 Å². The van der Waals surface area contributed by atoms with Crippen molar-refractivity contribution in [1.82, 2.24) is 13.7 Å². The zero-order valence-electron chi connectivity index (χ0n) is 18.7. The quantitative estimate of drug-likeness (QED) is 0.423. The molecule has 0 radical (unpaired) electrons. The van der Waals surface area contributed by atoms with Gasteiger partial charge in [0.2, 0.25) is 15.2 Å². The molecule has 8 heteroatoms. The largest absolute Gasteiger partial charge is 0.344 e. The molecule has 0 spiro atoms. The summed E-state index contributed by atoms with van der Waals surface area (Å²) in [6.45, 7) is 5.63. The van der Waals surface area contributed by atoms with E-state index in [0.29, 0.717) is 31.0 Å². The average Bonchev–Trinajstić information content (AvgIpc) is 3.28. The number of hydrogen-bond acceptors (Lipinski definition) is 6. The van der Waals surface area contributed by atoms with Crippen LogP contribution in [0.25, 0.3) is 10.8 Å². The molecule has 1 saturated heterocycles. The second-order valence-electron chi connectivity index (χ2n) is 8.54. The molecule has 3 aromatic carbocycles. The van der Waals surface area contributed by atoms with E-state index >= 15 is 0 Å². The minimum atomic E-state index is -3.61. The summed E-state index contributed by atoms with van der Waals surface area (Å²) >= 11 is 1.38. The predicted molar refractivity (Wildman–Crippen MR) is 133 cm³/mol. The third kappa shape index (κ3) is 4.38. The van der Waals surface area contributed by atoms with Crippen LogP contribution in [-0.4, -0.2) is 47.8 Å². The van der Waals surface area contributed by atoms with E-state index in [0.717, 1.165) is 21.7 Å². The Balaban J connectivity index is 1.32. The molecule has 1 fully saturated rings. The molecule has 0 amide bonds. The highest BCUT2D eigenvalue weighted by Gasteiger charge is 2.35. The molecular formula is C25H26N4O2S2. The van der Waals surface area contributed by atoms with Crippen LogP contribution >= 0.6 is 11.5 Å². The van der Waals surface area contributed by atoms with Crippen LogP contribution in [-0.2, 0) is 16.4 Å². The number of sulfonamides is 1. The predicted octanol–water partition coefficient (Wildman–Crippen LogP) is 4.49. The van der Waals surface area contributed by atoms with Crippen molar-refractivity contribution >= 4 is 37.5 Å². The van der Waals surface area contributed by atoms with Crippen molar-refractivity contribution in [3.8, 4) is 0 Å². The lowest BCUT2D eigenvalue weighted by molar-refractivity contribution is 0.307. The van der Waals surface area contributed by atoms with E-state index in [1.54, 1.807) is 10.4 Å². The van der Waals surface area contributed by atoms with Gasteiger partial charge in [0.25, 0.3) is 0 Å². The molecule has 4 aromatic rings. The molecule has 6 nitrogen and oxygen atoms in total. The summed E-state index contributed by atoms with van der Waals surface area (Å²) in [6.07, 6.45) is 0.696. The van der Waals surface area contributed by atoms with Crippen LogP contribution in [0.3, 0.4) is 0 Å². The number of hydrogen-bond donors (Lipinski definition) is 0. The van der Waals surface area contributed by atoms with Crippen LogP contribution in [0.4, 0.5) is 5.13 Å². The topological polar surface area (TPSA) is 66.4 Å². The number of anilines is 1. The van der Waals surface area contributed by atoms with E-state index in [2.05, 4.69) is 40.5 Å². The Bertz CT molecular complexity index is 1380. The van der Waals surface area contributed by atoms with Crippen LogP contribution in [0, 0.1) is 6.92 Å². The maximum Gasteiger partial charge on any atom is 0.244 e. The summed E-state index contributed by atoms with van der Waals surface area (Å²) in [5.41, 5.74) is 2.42. The van der Waals surface area contributed by atoms with Gasteiger partial charge in [-0.3, -0.25) is 0 Å². The maximum atomic E-state index is 13.6. The smallest absolute Gasteiger partial charge is 0.244 e. The van der Waals surface area contributed by atoms with Crippen LogP contribution in [0.1, 0.15) is 23.9 Å². The molecule has 5 rings (SSSR count). The first-order chi connectivity index (χ1) is 15.9. The summed E-state index contributed by atoms with van der Waals surface area (Å²) in [7, 11) is -3.61. The van der Waals surface area contributed by atoms with Gasteiger partial charge in [0.05, 0.1) is 4.90 Å². The van der Waals surface area contributed by atoms with Crippen LogP contribution in [0.15, 0.2) is 71.6 Å². The van der Waals surface area contributed by atoms with Crippen molar-refractivity contribution in [2.75, 3.05) is 24.5 Å². The lowest BCUT2D eigenvalue weighted by Crippen LogP contribution is -2.54. The molecule has 0 aliphatic carbocycles. The van der Waals surface area contributed by atoms with Gasteiger partial charge in [-0.2, -0.15) is 8.68 Å². The monoisotopic (exact) mass is 478 g/mol. The minimum Gasteiger partial charge on any atom is -0.344 e. The molecule has 0 bridgehead atoms. The fraction of sp³-hybridized carbons (Fsp3) is 0.280. The van der Waals surface area contributed by atoms with E-state index in [-0.39, 0.29) is 6.04 Å². The van der Waals surface area contributed by atoms with Gasteiger partial charge in [0.1, 0.15) is 5.82 Å². The van der Waals surface area contributed by atoms with Gasteiger partial charge in [0.15, 0.2) is 0 Å². The van der Waals surface area contributed by atoms with E-state index in [4.69, 9.17) is 4.98 Å². The number of aryl methyl sites for hydroxylation is 1. The highest BCUT2D eigenvalue weighted by atomic mass is 32.2. The summed E-state index contributed by atoms with van der Waals surface area (Å²) in [6, 6.07) is 21.3. The Hall–Kier alpha value is -2.81. The van der Waals surface area contributed by atoms with Crippen molar-refractivity contribution in [2.24, 2.45) is 0 Å². The molecule has 0 N–H and O–H groups in total. The SMILES string of the molecule is Cc1ccc(Cc2nsc(N3CCN(S(=O)(=O)c4cccc5ccccc45)C(C)C3)n2)cc1. The van der Waals surface area contributed by atoms with Gasteiger partial charge >= 0.3 is 0 Å². The van der Waals surface area contributed by atoms with Gasteiger partial charge < -0.3 is 4.90 Å². The first kappa shape index (κ1) is 22.0. The minimum absolute atomic E-state index is 0.174. The Labute approximate surface area is 198 Å². The normalized spacial score (nSPS) is 17.5. The van der Waals surface area contributed by atoms with Gasteiger partial charge in [0, 0.05) is 49.0 Å². The lowest BCUT2D eigenvalue weighted by atomic mass is 10.1. The van der Waals surface area contributed by atoms with Crippen molar-refractivity contribution in [1.29, 1.82) is 0 Å². The molecule has 0 saturated carbocycles. The van der Waals surface area contributed by atoms with E-state index in [1.807, 2.05) is 43.3 Å². The van der Waals surface area contributed by atoms with Gasteiger partial charge in [-0.15, -0.1) is 0 Å². The fourth-order valence-corrected chi connectivity index (χ4v) is 6.90. The molecule has 1 aliphatic heterocycles.